The summed E-state index contributed by atoms with van der Waals surface area (Å²) in [5, 5.41) is 4.95. The number of hydrogen-bond donors (Lipinski definition) is 3. The summed E-state index contributed by atoms with van der Waals surface area (Å²) in [6.07, 6.45) is 0. The van der Waals surface area contributed by atoms with E-state index in [1.54, 1.807) is 14.0 Å². The summed E-state index contributed by atoms with van der Waals surface area (Å²) in [6, 6.07) is -0.596. The summed E-state index contributed by atoms with van der Waals surface area (Å²) < 4.78 is 4.73. The van der Waals surface area contributed by atoms with E-state index in [2.05, 4.69) is 10.6 Å². The summed E-state index contributed by atoms with van der Waals surface area (Å²) in [6.45, 7) is 2.39. The van der Waals surface area contributed by atoms with Crippen molar-refractivity contribution in [3.8, 4) is 0 Å². The second kappa shape index (κ2) is 7.28. The minimum Gasteiger partial charge on any atom is -0.383 e. The van der Waals surface area contributed by atoms with Gasteiger partial charge < -0.3 is 21.1 Å². The Labute approximate surface area is 83.2 Å². The molecule has 14 heavy (non-hydrogen) atoms. The van der Waals surface area contributed by atoms with Crippen molar-refractivity contribution in [3.05, 3.63) is 0 Å². The highest BCUT2D eigenvalue weighted by Crippen LogP contribution is 1.74. The van der Waals surface area contributed by atoms with Crippen LogP contribution in [0.1, 0.15) is 6.92 Å². The lowest BCUT2D eigenvalue weighted by Crippen LogP contribution is -2.44. The van der Waals surface area contributed by atoms with Gasteiger partial charge in [-0.2, -0.15) is 0 Å². The van der Waals surface area contributed by atoms with E-state index in [0.29, 0.717) is 13.2 Å². The van der Waals surface area contributed by atoms with Gasteiger partial charge in [-0.15, -0.1) is 0 Å². The van der Waals surface area contributed by atoms with Crippen LogP contribution in [0.3, 0.4) is 0 Å². The number of methoxy groups -OCH3 is 1. The molecule has 0 aliphatic rings. The summed E-state index contributed by atoms with van der Waals surface area (Å²) in [5.41, 5.74) is 5.28. The van der Waals surface area contributed by atoms with E-state index in [1.165, 1.54) is 0 Å². The molecule has 2 amide bonds. The second-order valence-electron chi connectivity index (χ2n) is 2.85. The number of rotatable bonds is 6. The molecule has 0 aromatic carbocycles. The minimum atomic E-state index is -0.596. The topological polar surface area (TPSA) is 93.5 Å². The van der Waals surface area contributed by atoms with Crippen LogP contribution in [-0.2, 0) is 14.3 Å². The number of nitrogens with one attached hydrogen (secondary N) is 2. The Kier molecular flexibility index (Phi) is 6.69. The van der Waals surface area contributed by atoms with Gasteiger partial charge in [-0.05, 0) is 6.92 Å². The molecule has 0 saturated carbocycles. The van der Waals surface area contributed by atoms with Crippen LogP contribution in [0.5, 0.6) is 0 Å². The zero-order chi connectivity index (χ0) is 11.0. The zero-order valence-electron chi connectivity index (χ0n) is 8.50. The quantitative estimate of drug-likeness (QED) is 0.444. The molecule has 6 heteroatoms. The maximum atomic E-state index is 11.0. The number of nitrogens with two attached hydrogens (primary N) is 1. The molecule has 0 rings (SSSR count). The van der Waals surface area contributed by atoms with E-state index in [4.69, 9.17) is 10.5 Å². The highest BCUT2D eigenvalue weighted by atomic mass is 16.5. The van der Waals surface area contributed by atoms with E-state index >= 15 is 0 Å². The summed E-state index contributed by atoms with van der Waals surface area (Å²) in [7, 11) is 1.55. The van der Waals surface area contributed by atoms with E-state index in [0.717, 1.165) is 0 Å². The lowest BCUT2D eigenvalue weighted by atomic mass is 10.3. The molecule has 0 aromatic heterocycles. The van der Waals surface area contributed by atoms with Crippen LogP contribution in [0.4, 0.5) is 0 Å². The molecule has 0 aromatic rings. The van der Waals surface area contributed by atoms with Crippen LogP contribution in [0.25, 0.3) is 0 Å². The molecule has 0 bridgehead atoms. The predicted octanol–water partition coefficient (Wildman–Crippen LogP) is -1.79. The van der Waals surface area contributed by atoms with Gasteiger partial charge >= 0.3 is 0 Å². The fraction of sp³-hybridized carbons (Fsp3) is 0.750. The van der Waals surface area contributed by atoms with Gasteiger partial charge in [-0.3, -0.25) is 9.59 Å². The molecule has 6 nitrogen and oxygen atoms in total. The monoisotopic (exact) mass is 203 g/mol. The Balaban J connectivity index is 3.49. The van der Waals surface area contributed by atoms with E-state index in [1.807, 2.05) is 0 Å². The first-order valence-electron chi connectivity index (χ1n) is 4.37. The number of amides is 2. The number of carbonyl (C=O) groups excluding carboxylic acids is 2. The van der Waals surface area contributed by atoms with Crippen LogP contribution < -0.4 is 16.4 Å². The van der Waals surface area contributed by atoms with Gasteiger partial charge in [0.1, 0.15) is 0 Å². The number of hydrogen-bond acceptors (Lipinski definition) is 4. The first-order chi connectivity index (χ1) is 6.57. The molecule has 4 N–H and O–H groups in total. The van der Waals surface area contributed by atoms with Crippen molar-refractivity contribution in [1.29, 1.82) is 0 Å². The number of carbonyl (C=O) groups is 2. The van der Waals surface area contributed by atoms with Crippen molar-refractivity contribution in [3.63, 3.8) is 0 Å². The van der Waals surface area contributed by atoms with Crippen molar-refractivity contribution in [2.75, 3.05) is 26.8 Å². The Bertz CT molecular complexity index is 194. The molecule has 82 valence electrons. The molecule has 0 saturated heterocycles. The van der Waals surface area contributed by atoms with Gasteiger partial charge in [-0.25, -0.2) is 0 Å². The molecule has 1 atom stereocenters. The predicted molar refractivity (Wildman–Crippen MR) is 51.5 cm³/mol. The summed E-state index contributed by atoms with van der Waals surface area (Å²) >= 11 is 0. The van der Waals surface area contributed by atoms with Crippen molar-refractivity contribution in [2.24, 2.45) is 5.73 Å². The Hall–Kier alpha value is -1.14. The van der Waals surface area contributed by atoms with E-state index in [9.17, 15) is 9.59 Å². The molecule has 0 heterocycles. The van der Waals surface area contributed by atoms with Crippen molar-refractivity contribution >= 4 is 11.8 Å². The third kappa shape index (κ3) is 6.38. The van der Waals surface area contributed by atoms with E-state index in [-0.39, 0.29) is 18.4 Å². The SMILES string of the molecule is COCCNC(=O)CNC(=O)[C@H](C)N. The fourth-order valence-corrected chi connectivity index (χ4v) is 0.683. The Morgan fingerprint density at radius 2 is 2.07 bits per heavy atom. The Morgan fingerprint density at radius 3 is 2.57 bits per heavy atom. The van der Waals surface area contributed by atoms with Gasteiger partial charge in [0.15, 0.2) is 0 Å². The normalized spacial score (nSPS) is 11.9. The third-order valence-electron chi connectivity index (χ3n) is 1.47. The van der Waals surface area contributed by atoms with Crippen LogP contribution in [-0.4, -0.2) is 44.7 Å². The fourth-order valence-electron chi connectivity index (χ4n) is 0.683. The van der Waals surface area contributed by atoms with Crippen molar-refractivity contribution in [2.45, 2.75) is 13.0 Å². The van der Waals surface area contributed by atoms with Gasteiger partial charge in [0.25, 0.3) is 0 Å². The highest BCUT2D eigenvalue weighted by Gasteiger charge is 2.08. The minimum absolute atomic E-state index is 0.0515. The van der Waals surface area contributed by atoms with Crippen LogP contribution in [0, 0.1) is 0 Å². The molecule has 0 radical (unpaired) electrons. The Morgan fingerprint density at radius 1 is 1.43 bits per heavy atom. The largest absolute Gasteiger partial charge is 0.383 e. The standard InChI is InChI=1S/C8H17N3O3/c1-6(9)8(13)11-5-7(12)10-3-4-14-2/h6H,3-5,9H2,1-2H3,(H,10,12)(H,11,13)/t6-/m0/s1. The lowest BCUT2D eigenvalue weighted by molar-refractivity contribution is -0.126. The molecule has 0 aliphatic carbocycles. The van der Waals surface area contributed by atoms with Gasteiger partial charge in [0.2, 0.25) is 11.8 Å². The number of ether oxygens (including phenoxy) is 1. The first kappa shape index (κ1) is 12.9. The van der Waals surface area contributed by atoms with E-state index < -0.39 is 6.04 Å². The average molecular weight is 203 g/mol. The third-order valence-corrected chi connectivity index (χ3v) is 1.47. The smallest absolute Gasteiger partial charge is 0.239 e. The lowest BCUT2D eigenvalue weighted by Gasteiger charge is -2.07. The van der Waals surface area contributed by atoms with Crippen molar-refractivity contribution < 1.29 is 14.3 Å². The van der Waals surface area contributed by atoms with Crippen molar-refractivity contribution in [1.82, 2.24) is 10.6 Å². The highest BCUT2D eigenvalue weighted by molar-refractivity contribution is 5.86. The maximum absolute atomic E-state index is 11.0. The molecule has 0 spiro atoms. The van der Waals surface area contributed by atoms with Gasteiger partial charge in [0.05, 0.1) is 19.2 Å². The molecule has 0 aliphatic heterocycles. The van der Waals surface area contributed by atoms with Gasteiger partial charge in [0, 0.05) is 13.7 Å². The summed E-state index contributed by atoms with van der Waals surface area (Å²) in [4.78, 5) is 22.0. The molecule has 0 fully saturated rings. The van der Waals surface area contributed by atoms with Crippen LogP contribution in [0.15, 0.2) is 0 Å². The molecular formula is C8H17N3O3. The average Bonchev–Trinajstić information content (AvgIpc) is 2.14. The maximum Gasteiger partial charge on any atom is 0.239 e. The molecule has 0 unspecified atom stereocenters. The van der Waals surface area contributed by atoms with Crippen LogP contribution >= 0.6 is 0 Å². The summed E-state index contributed by atoms with van der Waals surface area (Å²) in [5.74, 6) is -0.594. The molecular weight excluding hydrogens is 186 g/mol. The van der Waals surface area contributed by atoms with Gasteiger partial charge in [-0.1, -0.05) is 0 Å². The zero-order valence-corrected chi connectivity index (χ0v) is 8.50. The second-order valence-corrected chi connectivity index (χ2v) is 2.85. The van der Waals surface area contributed by atoms with Crippen LogP contribution in [0.2, 0.25) is 0 Å². The first-order valence-corrected chi connectivity index (χ1v) is 4.37.